The molecule has 92 valence electrons. The molecule has 17 heavy (non-hydrogen) atoms. The van der Waals surface area contributed by atoms with E-state index < -0.39 is 0 Å². The molecule has 3 nitrogen and oxygen atoms in total. The summed E-state index contributed by atoms with van der Waals surface area (Å²) in [6, 6.07) is 2.92. The molecular weight excluding hydrogens is 210 g/mol. The molecule has 3 heteroatoms. The predicted octanol–water partition coefficient (Wildman–Crippen LogP) is 2.02. The van der Waals surface area contributed by atoms with Crippen molar-refractivity contribution in [1.29, 1.82) is 0 Å². The van der Waals surface area contributed by atoms with Crippen molar-refractivity contribution in [2.45, 2.75) is 51.6 Å². The molecule has 1 fully saturated rings. The van der Waals surface area contributed by atoms with E-state index in [1.807, 2.05) is 0 Å². The van der Waals surface area contributed by atoms with E-state index in [-0.39, 0.29) is 0 Å². The van der Waals surface area contributed by atoms with Crippen LogP contribution in [0.25, 0.3) is 0 Å². The summed E-state index contributed by atoms with van der Waals surface area (Å²) in [5.74, 6) is 1.16. The van der Waals surface area contributed by atoms with Crippen molar-refractivity contribution >= 4 is 5.82 Å². The number of pyridine rings is 1. The smallest absolute Gasteiger partial charge is 0.133 e. The first-order valence-electron chi connectivity index (χ1n) is 6.78. The van der Waals surface area contributed by atoms with Crippen molar-refractivity contribution in [3.63, 3.8) is 0 Å². The summed E-state index contributed by atoms with van der Waals surface area (Å²) < 4.78 is 0. The largest absolute Gasteiger partial charge is 0.354 e. The number of nitrogens with two attached hydrogens (primary N) is 1. The van der Waals surface area contributed by atoms with Crippen LogP contribution in [0.5, 0.6) is 0 Å². The summed E-state index contributed by atoms with van der Waals surface area (Å²) in [6.07, 6.45) is 6.15. The SMILES string of the molecule is CC1CCCN1c1nc2c(cc1CN)CCC2. The number of nitrogens with zero attached hydrogens (tertiary/aromatic N) is 2. The van der Waals surface area contributed by atoms with Gasteiger partial charge < -0.3 is 10.6 Å². The third-order valence-electron chi connectivity index (χ3n) is 4.15. The van der Waals surface area contributed by atoms with Crippen LogP contribution < -0.4 is 10.6 Å². The van der Waals surface area contributed by atoms with Gasteiger partial charge in [0.2, 0.25) is 0 Å². The summed E-state index contributed by atoms with van der Waals surface area (Å²) >= 11 is 0. The molecule has 1 saturated heterocycles. The first kappa shape index (κ1) is 11.0. The van der Waals surface area contributed by atoms with Gasteiger partial charge in [-0.1, -0.05) is 0 Å². The third kappa shape index (κ3) is 1.82. The summed E-state index contributed by atoms with van der Waals surface area (Å²) in [7, 11) is 0. The summed E-state index contributed by atoms with van der Waals surface area (Å²) in [5.41, 5.74) is 9.87. The van der Waals surface area contributed by atoms with E-state index in [0.29, 0.717) is 12.6 Å². The Morgan fingerprint density at radius 3 is 3.00 bits per heavy atom. The van der Waals surface area contributed by atoms with Gasteiger partial charge in [-0.25, -0.2) is 4.98 Å². The van der Waals surface area contributed by atoms with Crippen molar-refractivity contribution in [3.05, 3.63) is 22.9 Å². The molecule has 0 aromatic carbocycles. The van der Waals surface area contributed by atoms with E-state index >= 15 is 0 Å². The summed E-state index contributed by atoms with van der Waals surface area (Å²) in [5, 5.41) is 0. The average Bonchev–Trinajstić information content (AvgIpc) is 2.94. The first-order valence-corrected chi connectivity index (χ1v) is 6.78. The lowest BCUT2D eigenvalue weighted by Crippen LogP contribution is -2.29. The molecule has 2 N–H and O–H groups in total. The molecule has 1 aromatic rings. The molecule has 0 radical (unpaired) electrons. The zero-order chi connectivity index (χ0) is 11.8. The molecule has 0 bridgehead atoms. The van der Waals surface area contributed by atoms with Gasteiger partial charge in [0.05, 0.1) is 0 Å². The van der Waals surface area contributed by atoms with Gasteiger partial charge in [0.15, 0.2) is 0 Å². The van der Waals surface area contributed by atoms with Crippen LogP contribution in [-0.2, 0) is 19.4 Å². The molecule has 1 unspecified atom stereocenters. The quantitative estimate of drug-likeness (QED) is 0.846. The van der Waals surface area contributed by atoms with Crippen LogP contribution in [0.15, 0.2) is 6.07 Å². The zero-order valence-electron chi connectivity index (χ0n) is 10.6. The van der Waals surface area contributed by atoms with Gasteiger partial charge in [-0.2, -0.15) is 0 Å². The molecule has 1 aliphatic carbocycles. The Morgan fingerprint density at radius 1 is 1.41 bits per heavy atom. The molecule has 2 heterocycles. The van der Waals surface area contributed by atoms with E-state index in [9.17, 15) is 0 Å². The zero-order valence-corrected chi connectivity index (χ0v) is 10.6. The maximum Gasteiger partial charge on any atom is 0.133 e. The topological polar surface area (TPSA) is 42.2 Å². The number of hydrogen-bond donors (Lipinski definition) is 1. The third-order valence-corrected chi connectivity index (χ3v) is 4.15. The van der Waals surface area contributed by atoms with Crippen molar-refractivity contribution in [3.8, 4) is 0 Å². The summed E-state index contributed by atoms with van der Waals surface area (Å²) in [4.78, 5) is 7.35. The second kappa shape index (κ2) is 4.30. The number of fused-ring (bicyclic) bond motifs is 1. The number of aromatic nitrogens is 1. The highest BCUT2D eigenvalue weighted by Crippen LogP contribution is 2.31. The molecule has 2 aliphatic rings. The minimum absolute atomic E-state index is 0.610. The van der Waals surface area contributed by atoms with Gasteiger partial charge in [-0.05, 0) is 50.7 Å². The molecule has 0 amide bonds. The fourth-order valence-electron chi connectivity index (χ4n) is 3.16. The molecule has 1 aliphatic heterocycles. The average molecular weight is 231 g/mol. The van der Waals surface area contributed by atoms with Gasteiger partial charge >= 0.3 is 0 Å². The lowest BCUT2D eigenvalue weighted by Gasteiger charge is -2.25. The Kier molecular flexibility index (Phi) is 2.79. The van der Waals surface area contributed by atoms with E-state index in [0.717, 1.165) is 18.8 Å². The van der Waals surface area contributed by atoms with Crippen LogP contribution in [0.4, 0.5) is 5.82 Å². The lowest BCUT2D eigenvalue weighted by atomic mass is 10.1. The van der Waals surface area contributed by atoms with Crippen molar-refractivity contribution in [2.24, 2.45) is 5.73 Å². The van der Waals surface area contributed by atoms with Crippen molar-refractivity contribution < 1.29 is 0 Å². The van der Waals surface area contributed by atoms with Crippen molar-refractivity contribution in [2.75, 3.05) is 11.4 Å². The lowest BCUT2D eigenvalue weighted by molar-refractivity contribution is 0.720. The first-order chi connectivity index (χ1) is 8.29. The molecule has 1 atom stereocenters. The Bertz CT molecular complexity index is 428. The minimum Gasteiger partial charge on any atom is -0.354 e. The van der Waals surface area contributed by atoms with Crippen LogP contribution in [0.1, 0.15) is 43.0 Å². The molecule has 1 aromatic heterocycles. The van der Waals surface area contributed by atoms with Crippen LogP contribution in [0.2, 0.25) is 0 Å². The Hall–Kier alpha value is -1.09. The molecular formula is C14H21N3. The highest BCUT2D eigenvalue weighted by Gasteiger charge is 2.25. The number of hydrogen-bond acceptors (Lipinski definition) is 3. The van der Waals surface area contributed by atoms with E-state index in [1.165, 1.54) is 42.5 Å². The van der Waals surface area contributed by atoms with Crippen LogP contribution in [0.3, 0.4) is 0 Å². The number of anilines is 1. The Morgan fingerprint density at radius 2 is 2.29 bits per heavy atom. The minimum atomic E-state index is 0.610. The standard InChI is InChI=1S/C14H21N3/c1-10-4-3-7-17(10)14-12(9-15)8-11-5-2-6-13(11)16-14/h8,10H,2-7,9,15H2,1H3. The number of aryl methyl sites for hydroxylation is 2. The van der Waals surface area contributed by atoms with Gasteiger partial charge in [0.25, 0.3) is 0 Å². The van der Waals surface area contributed by atoms with E-state index in [2.05, 4.69) is 17.9 Å². The Labute approximate surface area is 103 Å². The van der Waals surface area contributed by atoms with Crippen LogP contribution >= 0.6 is 0 Å². The highest BCUT2D eigenvalue weighted by atomic mass is 15.2. The molecule has 0 spiro atoms. The Balaban J connectivity index is 2.02. The van der Waals surface area contributed by atoms with Crippen LogP contribution in [-0.4, -0.2) is 17.6 Å². The maximum absolute atomic E-state index is 5.89. The van der Waals surface area contributed by atoms with Gasteiger partial charge in [-0.15, -0.1) is 0 Å². The van der Waals surface area contributed by atoms with Gasteiger partial charge in [0, 0.05) is 30.4 Å². The highest BCUT2D eigenvalue weighted by molar-refractivity contribution is 5.52. The second-order valence-corrected chi connectivity index (χ2v) is 5.32. The molecule has 0 saturated carbocycles. The van der Waals surface area contributed by atoms with Gasteiger partial charge in [-0.3, -0.25) is 0 Å². The fourth-order valence-corrected chi connectivity index (χ4v) is 3.16. The predicted molar refractivity (Wildman–Crippen MR) is 70.2 cm³/mol. The maximum atomic E-state index is 5.89. The van der Waals surface area contributed by atoms with Crippen molar-refractivity contribution in [1.82, 2.24) is 4.98 Å². The van der Waals surface area contributed by atoms with E-state index in [1.54, 1.807) is 0 Å². The second-order valence-electron chi connectivity index (χ2n) is 5.32. The monoisotopic (exact) mass is 231 g/mol. The van der Waals surface area contributed by atoms with Crippen LogP contribution in [0, 0.1) is 0 Å². The summed E-state index contributed by atoms with van der Waals surface area (Å²) in [6.45, 7) is 4.04. The van der Waals surface area contributed by atoms with E-state index in [4.69, 9.17) is 10.7 Å². The molecule has 3 rings (SSSR count). The number of rotatable bonds is 2. The van der Waals surface area contributed by atoms with Gasteiger partial charge in [0.1, 0.15) is 5.82 Å². The normalized spacial score (nSPS) is 23.2. The fraction of sp³-hybridized carbons (Fsp3) is 0.643.